The average molecular weight is 822 g/mol. The summed E-state index contributed by atoms with van der Waals surface area (Å²) in [5, 5.41) is 34.1. The number of benzene rings is 3. The molecule has 2 fully saturated rings. The van der Waals surface area contributed by atoms with E-state index >= 15 is 0 Å². The van der Waals surface area contributed by atoms with Crippen molar-refractivity contribution in [3.05, 3.63) is 119 Å². The normalized spacial score (nSPS) is 26.1. The van der Waals surface area contributed by atoms with Gasteiger partial charge in [0.25, 0.3) is 5.91 Å². The zero-order valence-corrected chi connectivity index (χ0v) is 34.3. The molecule has 1 unspecified atom stereocenters. The van der Waals surface area contributed by atoms with Crippen molar-refractivity contribution in [2.45, 2.75) is 94.9 Å². The maximum absolute atomic E-state index is 14.7. The van der Waals surface area contributed by atoms with Gasteiger partial charge < -0.3 is 38.9 Å². The molecule has 7 rings (SSSR count). The molecule has 11 nitrogen and oxygen atoms in total. The number of nitrogens with zero attached hydrogens (tertiary/aromatic N) is 3. The Morgan fingerprint density at radius 3 is 2.57 bits per heavy atom. The fraction of sp³-hybridized carbons (Fsp3) is 0.479. The molecule has 12 heteroatoms. The third-order valence-electron chi connectivity index (χ3n) is 12.5. The second-order valence-electron chi connectivity index (χ2n) is 16.2. The first kappa shape index (κ1) is 43.0. The van der Waals surface area contributed by atoms with Gasteiger partial charge in [-0.15, -0.1) is 6.58 Å². The number of fused-ring (bicyclic) bond motifs is 2. The summed E-state index contributed by atoms with van der Waals surface area (Å²) in [5.74, 6) is -1.64. The first-order valence-corrected chi connectivity index (χ1v) is 21.3. The predicted molar refractivity (Wildman–Crippen MR) is 224 cm³/mol. The summed E-state index contributed by atoms with van der Waals surface area (Å²) in [6, 6.07) is 20.2. The molecule has 0 spiro atoms. The van der Waals surface area contributed by atoms with Crippen molar-refractivity contribution in [1.29, 1.82) is 5.26 Å². The SMILES string of the molecule is C=CCO[C@@]12Oc3ccc(OCc4ccccc4F)cc3[C@H]3[C@H](CCCCO)[C@@H](CCCCO)C=C(C(=NOC4CCCCO4)C[C@@H]1N(C)C(=O)c1ccc(C#N)cc1)[C@H]32. The minimum absolute atomic E-state index is 0.0160. The minimum atomic E-state index is -1.43. The molecule has 0 aromatic heterocycles. The molecule has 2 heterocycles. The van der Waals surface area contributed by atoms with Gasteiger partial charge in [0, 0.05) is 55.7 Å². The highest BCUT2D eigenvalue weighted by Crippen LogP contribution is 2.62. The average Bonchev–Trinajstić information content (AvgIpc) is 3.28. The van der Waals surface area contributed by atoms with Crippen molar-refractivity contribution in [1.82, 2.24) is 4.90 Å². The number of ether oxygens (including phenoxy) is 4. The molecular formula is C48H56FN3O8. The number of halogens is 1. The van der Waals surface area contributed by atoms with Crippen LogP contribution in [0.4, 0.5) is 4.39 Å². The third kappa shape index (κ3) is 9.15. The van der Waals surface area contributed by atoms with E-state index in [-0.39, 0.29) is 62.3 Å². The zero-order valence-electron chi connectivity index (χ0n) is 34.3. The lowest BCUT2D eigenvalue weighted by atomic mass is 9.55. The highest BCUT2D eigenvalue weighted by atomic mass is 19.1. The third-order valence-corrected chi connectivity index (χ3v) is 12.5. The summed E-state index contributed by atoms with van der Waals surface area (Å²) in [4.78, 5) is 22.4. The molecule has 1 amide bonds. The number of aliphatic hydroxyl groups excluding tert-OH is 2. The Balaban J connectivity index is 1.40. The van der Waals surface area contributed by atoms with E-state index in [4.69, 9.17) is 28.9 Å². The number of aliphatic hydroxyl groups is 2. The maximum Gasteiger partial charge on any atom is 0.254 e. The Labute approximate surface area is 352 Å². The number of hydrogen-bond donors (Lipinski definition) is 2. The van der Waals surface area contributed by atoms with Crippen LogP contribution in [-0.2, 0) is 20.9 Å². The molecule has 1 saturated carbocycles. The van der Waals surface area contributed by atoms with Crippen LogP contribution in [0.2, 0.25) is 0 Å². The summed E-state index contributed by atoms with van der Waals surface area (Å²) in [6.45, 7) is 4.89. The van der Waals surface area contributed by atoms with Crippen molar-refractivity contribution in [3.8, 4) is 17.6 Å². The van der Waals surface area contributed by atoms with Gasteiger partial charge >= 0.3 is 0 Å². The van der Waals surface area contributed by atoms with E-state index in [2.05, 4.69) is 18.7 Å². The molecule has 3 aromatic carbocycles. The second kappa shape index (κ2) is 20.0. The van der Waals surface area contributed by atoms with Gasteiger partial charge in [0.05, 0.1) is 36.5 Å². The quantitative estimate of drug-likeness (QED) is 0.0738. The van der Waals surface area contributed by atoms with E-state index in [1.54, 1.807) is 60.5 Å². The van der Waals surface area contributed by atoms with Gasteiger partial charge in [0.1, 0.15) is 30.0 Å². The highest BCUT2D eigenvalue weighted by molar-refractivity contribution is 6.03. The first-order chi connectivity index (χ1) is 29.3. The maximum atomic E-state index is 14.7. The highest BCUT2D eigenvalue weighted by Gasteiger charge is 2.65. The summed E-state index contributed by atoms with van der Waals surface area (Å²) < 4.78 is 41.2. The Morgan fingerprint density at radius 1 is 1.07 bits per heavy atom. The molecule has 2 aliphatic carbocycles. The van der Waals surface area contributed by atoms with E-state index in [0.29, 0.717) is 59.8 Å². The van der Waals surface area contributed by atoms with Crippen LogP contribution in [0.1, 0.15) is 97.2 Å². The minimum Gasteiger partial charge on any atom is -0.489 e. The van der Waals surface area contributed by atoms with Crippen LogP contribution >= 0.6 is 0 Å². The van der Waals surface area contributed by atoms with Gasteiger partial charge in [0.15, 0.2) is 0 Å². The van der Waals surface area contributed by atoms with Crippen LogP contribution in [0.3, 0.4) is 0 Å². The number of carbonyl (C=O) groups excluding carboxylic acids is 1. The molecule has 2 N–H and O–H groups in total. The lowest BCUT2D eigenvalue weighted by molar-refractivity contribution is -0.252. The van der Waals surface area contributed by atoms with E-state index in [1.807, 2.05) is 18.2 Å². The van der Waals surface area contributed by atoms with E-state index < -0.39 is 24.0 Å². The van der Waals surface area contributed by atoms with E-state index in [1.165, 1.54) is 6.07 Å². The largest absolute Gasteiger partial charge is 0.489 e. The Kier molecular flexibility index (Phi) is 14.3. The van der Waals surface area contributed by atoms with Gasteiger partial charge in [0.2, 0.25) is 12.1 Å². The molecule has 2 aliphatic heterocycles. The van der Waals surface area contributed by atoms with Crippen LogP contribution in [0.5, 0.6) is 11.5 Å². The molecule has 0 radical (unpaired) electrons. The summed E-state index contributed by atoms with van der Waals surface area (Å²) in [7, 11) is 1.74. The second-order valence-corrected chi connectivity index (χ2v) is 16.2. The fourth-order valence-corrected chi connectivity index (χ4v) is 9.54. The Morgan fingerprint density at radius 2 is 1.85 bits per heavy atom. The zero-order chi connectivity index (χ0) is 42.1. The predicted octanol–water partition coefficient (Wildman–Crippen LogP) is 8.21. The molecule has 4 aliphatic rings. The standard InChI is InChI=1S/C48H56FN3O8/c1-3-25-58-48-43(52(2)47(55)33-19-17-32(30-50)18-20-33)29-41(51-60-44-16-8-11-26-56-44)38-27-34(12-6-9-23-53)37(14-7-10-24-54)45(46(38)48)39-28-36(21-22-42(39)59-48)57-31-35-13-4-5-15-40(35)49/h3-5,13,15,17-22,27-28,34,37,43-46,53-54H,1,6-12,14,16,23-26,29,31H2,2H3/t34-,37+,43-,44?,45+,46+,48+/m0/s1. The van der Waals surface area contributed by atoms with Crippen molar-refractivity contribution >= 4 is 11.6 Å². The molecule has 0 bridgehead atoms. The van der Waals surface area contributed by atoms with E-state index in [9.17, 15) is 24.7 Å². The number of likely N-dealkylation sites (N-methyl/N-ethyl adjacent to an activating group) is 1. The monoisotopic (exact) mass is 821 g/mol. The van der Waals surface area contributed by atoms with Gasteiger partial charge in [-0.05, 0) is 104 Å². The number of amides is 1. The van der Waals surface area contributed by atoms with Crippen LogP contribution in [0, 0.1) is 34.9 Å². The topological polar surface area (TPSA) is 143 Å². The molecular weight excluding hydrogens is 766 g/mol. The molecule has 1 saturated heterocycles. The molecule has 60 heavy (non-hydrogen) atoms. The van der Waals surface area contributed by atoms with Gasteiger partial charge in [-0.3, -0.25) is 4.79 Å². The summed E-state index contributed by atoms with van der Waals surface area (Å²) in [5.41, 5.74) is 3.76. The smallest absolute Gasteiger partial charge is 0.254 e. The van der Waals surface area contributed by atoms with Gasteiger partial charge in [-0.2, -0.15) is 5.26 Å². The van der Waals surface area contributed by atoms with Crippen molar-refractivity contribution in [3.63, 3.8) is 0 Å². The number of hydrogen-bond acceptors (Lipinski definition) is 10. The number of rotatable bonds is 18. The number of unbranched alkanes of at least 4 members (excludes halogenated alkanes) is 2. The number of allylic oxidation sites excluding steroid dienone is 1. The van der Waals surface area contributed by atoms with Crippen LogP contribution in [0.25, 0.3) is 0 Å². The Hall–Kier alpha value is -5.06. The van der Waals surface area contributed by atoms with Crippen molar-refractivity contribution in [2.24, 2.45) is 22.9 Å². The number of carbonyl (C=O) groups is 1. The molecule has 318 valence electrons. The van der Waals surface area contributed by atoms with Crippen molar-refractivity contribution < 1.29 is 43.2 Å². The number of nitriles is 1. The van der Waals surface area contributed by atoms with Crippen molar-refractivity contribution in [2.75, 3.05) is 33.5 Å². The van der Waals surface area contributed by atoms with E-state index in [0.717, 1.165) is 49.7 Å². The molecule has 3 aromatic rings. The van der Waals surface area contributed by atoms with Crippen LogP contribution in [0.15, 0.2) is 96.2 Å². The van der Waals surface area contributed by atoms with Gasteiger partial charge in [-0.25, -0.2) is 4.39 Å². The lowest BCUT2D eigenvalue weighted by Gasteiger charge is -2.59. The van der Waals surface area contributed by atoms with Gasteiger partial charge in [-0.1, -0.05) is 48.3 Å². The van der Waals surface area contributed by atoms with Crippen LogP contribution in [-0.4, -0.2) is 78.3 Å². The first-order valence-electron chi connectivity index (χ1n) is 21.3. The van der Waals surface area contributed by atoms with Crippen LogP contribution < -0.4 is 9.47 Å². The summed E-state index contributed by atoms with van der Waals surface area (Å²) >= 11 is 0. The lowest BCUT2D eigenvalue weighted by Crippen LogP contribution is -2.69. The summed E-state index contributed by atoms with van der Waals surface area (Å²) in [6.07, 6.45) is 10.8. The number of oxime groups is 1. The molecule has 7 atom stereocenters. The fourth-order valence-electron chi connectivity index (χ4n) is 9.54. The Bertz CT molecular complexity index is 2060.